The number of carbonyl (C=O) groups excluding carboxylic acids is 3. The van der Waals surface area contributed by atoms with Gasteiger partial charge in [-0.1, -0.05) is 318 Å². The normalized spacial score (nSPS) is 12.5. The Morgan fingerprint density at radius 3 is 0.785 bits per heavy atom. The summed E-state index contributed by atoms with van der Waals surface area (Å²) in [5, 5.41) is 0. The van der Waals surface area contributed by atoms with Crippen molar-refractivity contribution in [3.63, 3.8) is 0 Å². The van der Waals surface area contributed by atoms with Gasteiger partial charge in [-0.3, -0.25) is 14.4 Å². The standard InChI is InChI=1S/C73H130O6/c1-4-7-10-13-16-19-21-23-25-27-29-30-31-32-33-34-35-36-37-38-39-40-41-42-43-44-45-47-48-50-52-54-57-60-63-66-72(75)78-69-70(68-77-71(74)65-62-59-56-18-15-12-9-6-3)79-73(76)67-64-61-58-55-53-51-49-46-28-26-24-22-20-17-14-11-8-5-2/h7,10,16,19-20,22-23,25-26,28-30,70H,4-6,8-9,11-15,17-18,21,24,27,31-69H2,1-3H3/b10-7-,19-16-,22-20-,25-23-,28-26-,30-29-. The fraction of sp³-hybridized carbons (Fsp3) is 0.795. The Kier molecular flexibility index (Phi) is 64.7. The van der Waals surface area contributed by atoms with E-state index in [1.54, 1.807) is 0 Å². The molecule has 0 aliphatic heterocycles. The molecular formula is C73H130O6. The first-order valence-electron chi connectivity index (χ1n) is 34.4. The van der Waals surface area contributed by atoms with Crippen molar-refractivity contribution in [1.29, 1.82) is 0 Å². The van der Waals surface area contributed by atoms with Crippen LogP contribution in [0.5, 0.6) is 0 Å². The van der Waals surface area contributed by atoms with E-state index in [-0.39, 0.29) is 31.1 Å². The van der Waals surface area contributed by atoms with E-state index in [0.717, 1.165) is 96.3 Å². The molecule has 0 aromatic rings. The summed E-state index contributed by atoms with van der Waals surface area (Å²) in [6.45, 7) is 6.52. The molecule has 0 spiro atoms. The van der Waals surface area contributed by atoms with Crippen LogP contribution in [0.25, 0.3) is 0 Å². The monoisotopic (exact) mass is 1100 g/mol. The van der Waals surface area contributed by atoms with Crippen molar-refractivity contribution >= 4 is 17.9 Å². The Morgan fingerprint density at radius 1 is 0.266 bits per heavy atom. The van der Waals surface area contributed by atoms with Gasteiger partial charge < -0.3 is 14.2 Å². The zero-order valence-electron chi connectivity index (χ0n) is 52.6. The van der Waals surface area contributed by atoms with Gasteiger partial charge >= 0.3 is 17.9 Å². The Labute approximate surface area is 491 Å². The largest absolute Gasteiger partial charge is 0.462 e. The molecule has 79 heavy (non-hydrogen) atoms. The molecule has 0 fully saturated rings. The molecule has 0 saturated heterocycles. The molecule has 0 amide bonds. The molecule has 6 heteroatoms. The van der Waals surface area contributed by atoms with Crippen molar-refractivity contribution < 1.29 is 28.6 Å². The van der Waals surface area contributed by atoms with Gasteiger partial charge in [0.05, 0.1) is 0 Å². The van der Waals surface area contributed by atoms with E-state index in [9.17, 15) is 14.4 Å². The van der Waals surface area contributed by atoms with Crippen LogP contribution in [0.1, 0.15) is 355 Å². The lowest BCUT2D eigenvalue weighted by Gasteiger charge is -2.18. The summed E-state index contributed by atoms with van der Waals surface area (Å²) in [5.41, 5.74) is 0. The maximum Gasteiger partial charge on any atom is 0.306 e. The number of unbranched alkanes of at least 4 members (excludes halogenated alkanes) is 40. The van der Waals surface area contributed by atoms with Gasteiger partial charge in [0.1, 0.15) is 13.2 Å². The molecule has 0 radical (unpaired) electrons. The van der Waals surface area contributed by atoms with Crippen LogP contribution in [-0.4, -0.2) is 37.2 Å². The van der Waals surface area contributed by atoms with Crippen molar-refractivity contribution in [2.24, 2.45) is 0 Å². The lowest BCUT2D eigenvalue weighted by Crippen LogP contribution is -2.30. The van der Waals surface area contributed by atoms with Gasteiger partial charge in [-0.25, -0.2) is 0 Å². The number of hydrogen-bond donors (Lipinski definition) is 0. The molecule has 0 rings (SSSR count). The molecule has 0 saturated carbocycles. The van der Waals surface area contributed by atoms with Crippen LogP contribution in [0.15, 0.2) is 72.9 Å². The molecule has 6 nitrogen and oxygen atoms in total. The van der Waals surface area contributed by atoms with Crippen LogP contribution >= 0.6 is 0 Å². The van der Waals surface area contributed by atoms with E-state index in [4.69, 9.17) is 14.2 Å². The van der Waals surface area contributed by atoms with E-state index >= 15 is 0 Å². The smallest absolute Gasteiger partial charge is 0.306 e. The maximum atomic E-state index is 12.9. The fourth-order valence-corrected chi connectivity index (χ4v) is 10.1. The molecule has 458 valence electrons. The lowest BCUT2D eigenvalue weighted by atomic mass is 10.0. The maximum absolute atomic E-state index is 12.9. The second kappa shape index (κ2) is 67.4. The quantitative estimate of drug-likeness (QED) is 0.0261. The summed E-state index contributed by atoms with van der Waals surface area (Å²) in [7, 11) is 0. The fourth-order valence-electron chi connectivity index (χ4n) is 10.1. The SMILES string of the molecule is CC/C=C\C/C=C\C/C=C\C/C=C\CCCCCCCCCCCCCCCCCCCCCCCCC(=O)OCC(COC(=O)CCCCCCCCCC)OC(=O)CCCCCCCCC/C=C\C/C=C\CCCCCC. The zero-order valence-corrected chi connectivity index (χ0v) is 52.6. The van der Waals surface area contributed by atoms with Crippen molar-refractivity contribution in [3.05, 3.63) is 72.9 Å². The molecular weight excluding hydrogens is 973 g/mol. The van der Waals surface area contributed by atoms with Crippen molar-refractivity contribution in [2.45, 2.75) is 361 Å². The molecule has 1 unspecified atom stereocenters. The van der Waals surface area contributed by atoms with Gasteiger partial charge in [-0.15, -0.1) is 0 Å². The summed E-state index contributed by atoms with van der Waals surface area (Å²) in [4.78, 5) is 38.2. The van der Waals surface area contributed by atoms with E-state index < -0.39 is 6.10 Å². The molecule has 0 heterocycles. The second-order valence-corrected chi connectivity index (χ2v) is 23.1. The molecule has 1 atom stereocenters. The molecule has 0 aliphatic rings. The number of esters is 3. The van der Waals surface area contributed by atoms with Gasteiger partial charge in [0, 0.05) is 19.3 Å². The van der Waals surface area contributed by atoms with E-state index in [2.05, 4.69) is 93.7 Å². The highest BCUT2D eigenvalue weighted by molar-refractivity contribution is 5.71. The Morgan fingerprint density at radius 2 is 0.494 bits per heavy atom. The average Bonchev–Trinajstić information content (AvgIpc) is 3.45. The highest BCUT2D eigenvalue weighted by Gasteiger charge is 2.19. The number of rotatable bonds is 63. The van der Waals surface area contributed by atoms with Gasteiger partial charge in [-0.2, -0.15) is 0 Å². The molecule has 0 aliphatic carbocycles. The van der Waals surface area contributed by atoms with Gasteiger partial charge in [0.2, 0.25) is 0 Å². The third-order valence-electron chi connectivity index (χ3n) is 15.2. The van der Waals surface area contributed by atoms with Gasteiger partial charge in [-0.05, 0) is 89.9 Å². The number of hydrogen-bond acceptors (Lipinski definition) is 6. The third kappa shape index (κ3) is 65.5. The van der Waals surface area contributed by atoms with Crippen molar-refractivity contribution in [2.75, 3.05) is 13.2 Å². The Balaban J connectivity index is 4.00. The lowest BCUT2D eigenvalue weighted by molar-refractivity contribution is -0.167. The first kappa shape index (κ1) is 75.8. The predicted molar refractivity (Wildman–Crippen MR) is 344 cm³/mol. The van der Waals surface area contributed by atoms with Crippen LogP contribution in [0, 0.1) is 0 Å². The van der Waals surface area contributed by atoms with E-state index in [0.29, 0.717) is 19.3 Å². The minimum Gasteiger partial charge on any atom is -0.462 e. The number of ether oxygens (including phenoxy) is 3. The van der Waals surface area contributed by atoms with E-state index in [1.807, 2.05) is 0 Å². The van der Waals surface area contributed by atoms with Crippen LogP contribution in [0.3, 0.4) is 0 Å². The highest BCUT2D eigenvalue weighted by atomic mass is 16.6. The summed E-state index contributed by atoms with van der Waals surface area (Å²) in [5.74, 6) is -0.866. The van der Waals surface area contributed by atoms with Gasteiger partial charge in [0.15, 0.2) is 6.10 Å². The topological polar surface area (TPSA) is 78.9 Å². The molecule has 0 aromatic carbocycles. The first-order valence-corrected chi connectivity index (χ1v) is 34.4. The van der Waals surface area contributed by atoms with Crippen LogP contribution in [-0.2, 0) is 28.6 Å². The molecule has 0 aromatic heterocycles. The van der Waals surface area contributed by atoms with Crippen LogP contribution in [0.2, 0.25) is 0 Å². The van der Waals surface area contributed by atoms with Crippen LogP contribution in [0.4, 0.5) is 0 Å². The Bertz CT molecular complexity index is 1450. The minimum atomic E-state index is -0.774. The number of carbonyl (C=O) groups is 3. The summed E-state index contributed by atoms with van der Waals surface area (Å²) >= 11 is 0. The average molecular weight is 1100 g/mol. The number of allylic oxidation sites excluding steroid dienone is 12. The molecule has 0 bridgehead atoms. The van der Waals surface area contributed by atoms with Crippen molar-refractivity contribution in [3.8, 4) is 0 Å². The van der Waals surface area contributed by atoms with E-state index in [1.165, 1.54) is 218 Å². The highest BCUT2D eigenvalue weighted by Crippen LogP contribution is 2.18. The predicted octanol–water partition coefficient (Wildman–Crippen LogP) is 23.7. The van der Waals surface area contributed by atoms with Gasteiger partial charge in [0.25, 0.3) is 0 Å². The summed E-state index contributed by atoms with van der Waals surface area (Å²) < 4.78 is 16.9. The second-order valence-electron chi connectivity index (χ2n) is 23.1. The summed E-state index contributed by atoms with van der Waals surface area (Å²) in [6, 6.07) is 0. The van der Waals surface area contributed by atoms with Crippen molar-refractivity contribution in [1.82, 2.24) is 0 Å². The first-order chi connectivity index (χ1) is 39.0. The minimum absolute atomic E-state index is 0.0729. The molecule has 0 N–H and O–H groups in total. The Hall–Kier alpha value is -3.15. The summed E-state index contributed by atoms with van der Waals surface area (Å²) in [6.07, 6.45) is 88.1. The van der Waals surface area contributed by atoms with Crippen LogP contribution < -0.4 is 0 Å². The zero-order chi connectivity index (χ0) is 57.1. The third-order valence-corrected chi connectivity index (χ3v) is 15.2.